The standard InChI is InChI=1S/C14H24N2O/c15-10-3-1-2-4-11-16-14-7-5-13(6-8-14)9-12-17/h5-8,16-17H,1-4,9-12,15H2. The SMILES string of the molecule is NCCCCCCNc1ccc(CCO)cc1. The van der Waals surface area contributed by atoms with Gasteiger partial charge in [-0.05, 0) is 43.5 Å². The predicted octanol–water partition coefficient (Wildman–Crippen LogP) is 2.15. The summed E-state index contributed by atoms with van der Waals surface area (Å²) in [6.45, 7) is 2.04. The van der Waals surface area contributed by atoms with E-state index in [4.69, 9.17) is 10.8 Å². The molecule has 0 heterocycles. The molecule has 4 N–H and O–H groups in total. The molecule has 0 spiro atoms. The van der Waals surface area contributed by atoms with Crippen LogP contribution in [0.4, 0.5) is 5.69 Å². The molecular weight excluding hydrogens is 212 g/mol. The van der Waals surface area contributed by atoms with Crippen molar-refractivity contribution < 1.29 is 5.11 Å². The number of rotatable bonds is 9. The third-order valence-electron chi connectivity index (χ3n) is 2.81. The minimum atomic E-state index is 0.216. The van der Waals surface area contributed by atoms with E-state index in [1.807, 2.05) is 0 Å². The summed E-state index contributed by atoms with van der Waals surface area (Å²) >= 11 is 0. The Labute approximate surface area is 104 Å². The maximum absolute atomic E-state index is 8.81. The summed E-state index contributed by atoms with van der Waals surface area (Å²) in [7, 11) is 0. The van der Waals surface area contributed by atoms with Gasteiger partial charge in [-0.25, -0.2) is 0 Å². The molecule has 0 fully saturated rings. The molecule has 0 aliphatic carbocycles. The van der Waals surface area contributed by atoms with Crippen molar-refractivity contribution in [3.8, 4) is 0 Å². The number of nitrogens with one attached hydrogen (secondary N) is 1. The number of aliphatic hydroxyl groups excluding tert-OH is 1. The number of anilines is 1. The third-order valence-corrected chi connectivity index (χ3v) is 2.81. The highest BCUT2D eigenvalue weighted by Gasteiger charge is 1.94. The van der Waals surface area contributed by atoms with Gasteiger partial charge >= 0.3 is 0 Å². The van der Waals surface area contributed by atoms with Crippen LogP contribution in [0.1, 0.15) is 31.2 Å². The second kappa shape index (κ2) is 9.02. The molecule has 0 aromatic heterocycles. The fraction of sp³-hybridized carbons (Fsp3) is 0.571. The van der Waals surface area contributed by atoms with Crippen molar-refractivity contribution in [2.45, 2.75) is 32.1 Å². The summed E-state index contributed by atoms with van der Waals surface area (Å²) in [5, 5.41) is 12.2. The molecule has 0 saturated heterocycles. The van der Waals surface area contributed by atoms with Crippen molar-refractivity contribution >= 4 is 5.69 Å². The lowest BCUT2D eigenvalue weighted by Gasteiger charge is -2.07. The Balaban J connectivity index is 2.14. The molecule has 0 aliphatic rings. The molecule has 96 valence electrons. The second-order valence-corrected chi connectivity index (χ2v) is 4.30. The normalized spacial score (nSPS) is 10.5. The fourth-order valence-electron chi connectivity index (χ4n) is 1.77. The van der Waals surface area contributed by atoms with E-state index < -0.39 is 0 Å². The van der Waals surface area contributed by atoms with E-state index >= 15 is 0 Å². The van der Waals surface area contributed by atoms with Crippen LogP contribution in [-0.4, -0.2) is 24.8 Å². The van der Waals surface area contributed by atoms with Crippen LogP contribution in [-0.2, 0) is 6.42 Å². The maximum Gasteiger partial charge on any atom is 0.0471 e. The molecule has 0 aliphatic heterocycles. The van der Waals surface area contributed by atoms with Crippen LogP contribution in [0.15, 0.2) is 24.3 Å². The molecule has 0 radical (unpaired) electrons. The lowest BCUT2D eigenvalue weighted by molar-refractivity contribution is 0.299. The fourth-order valence-corrected chi connectivity index (χ4v) is 1.77. The molecular formula is C14H24N2O. The van der Waals surface area contributed by atoms with Gasteiger partial charge in [-0.3, -0.25) is 0 Å². The van der Waals surface area contributed by atoms with E-state index in [0.29, 0.717) is 0 Å². The molecule has 0 amide bonds. The van der Waals surface area contributed by atoms with Crippen molar-refractivity contribution in [3.63, 3.8) is 0 Å². The molecule has 0 unspecified atom stereocenters. The average Bonchev–Trinajstić information content (AvgIpc) is 2.36. The van der Waals surface area contributed by atoms with Crippen molar-refractivity contribution in [2.75, 3.05) is 25.0 Å². The van der Waals surface area contributed by atoms with Crippen molar-refractivity contribution in [3.05, 3.63) is 29.8 Å². The van der Waals surface area contributed by atoms with Crippen LogP contribution in [0.5, 0.6) is 0 Å². The van der Waals surface area contributed by atoms with Crippen molar-refractivity contribution in [1.82, 2.24) is 0 Å². The number of hydrogen-bond donors (Lipinski definition) is 3. The number of nitrogens with two attached hydrogens (primary N) is 1. The number of unbranched alkanes of at least 4 members (excludes halogenated alkanes) is 3. The predicted molar refractivity (Wildman–Crippen MR) is 73.2 cm³/mol. The summed E-state index contributed by atoms with van der Waals surface area (Å²) in [6, 6.07) is 8.27. The van der Waals surface area contributed by atoms with Gasteiger partial charge in [0.15, 0.2) is 0 Å². The molecule has 17 heavy (non-hydrogen) atoms. The van der Waals surface area contributed by atoms with E-state index in [9.17, 15) is 0 Å². The van der Waals surface area contributed by atoms with Crippen LogP contribution in [0.2, 0.25) is 0 Å². The minimum Gasteiger partial charge on any atom is -0.396 e. The topological polar surface area (TPSA) is 58.3 Å². The number of benzene rings is 1. The van der Waals surface area contributed by atoms with E-state index in [0.717, 1.165) is 31.6 Å². The monoisotopic (exact) mass is 236 g/mol. The first-order chi connectivity index (χ1) is 8.36. The first-order valence-electron chi connectivity index (χ1n) is 6.50. The van der Waals surface area contributed by atoms with E-state index in [-0.39, 0.29) is 6.61 Å². The highest BCUT2D eigenvalue weighted by molar-refractivity contribution is 5.44. The van der Waals surface area contributed by atoms with Gasteiger partial charge in [-0.15, -0.1) is 0 Å². The van der Waals surface area contributed by atoms with Gasteiger partial charge in [-0.1, -0.05) is 25.0 Å². The zero-order valence-corrected chi connectivity index (χ0v) is 10.5. The Morgan fingerprint density at radius 2 is 1.71 bits per heavy atom. The Morgan fingerprint density at radius 1 is 1.00 bits per heavy atom. The van der Waals surface area contributed by atoms with Crippen LogP contribution >= 0.6 is 0 Å². The van der Waals surface area contributed by atoms with Crippen LogP contribution in [0.3, 0.4) is 0 Å². The van der Waals surface area contributed by atoms with Crippen molar-refractivity contribution in [1.29, 1.82) is 0 Å². The molecule has 3 nitrogen and oxygen atoms in total. The Morgan fingerprint density at radius 3 is 2.35 bits per heavy atom. The van der Waals surface area contributed by atoms with Crippen LogP contribution in [0.25, 0.3) is 0 Å². The highest BCUT2D eigenvalue weighted by atomic mass is 16.2. The zero-order valence-electron chi connectivity index (χ0n) is 10.5. The van der Waals surface area contributed by atoms with Crippen LogP contribution in [0, 0.1) is 0 Å². The van der Waals surface area contributed by atoms with Gasteiger partial charge < -0.3 is 16.2 Å². The summed E-state index contributed by atoms with van der Waals surface area (Å²) in [6.07, 6.45) is 5.54. The van der Waals surface area contributed by atoms with E-state index in [1.54, 1.807) is 0 Å². The van der Waals surface area contributed by atoms with E-state index in [2.05, 4.69) is 29.6 Å². The third kappa shape index (κ3) is 6.29. The van der Waals surface area contributed by atoms with Gasteiger partial charge in [-0.2, -0.15) is 0 Å². The number of hydrogen-bond acceptors (Lipinski definition) is 3. The Bertz CT molecular complexity index is 285. The highest BCUT2D eigenvalue weighted by Crippen LogP contribution is 2.10. The lowest BCUT2D eigenvalue weighted by Crippen LogP contribution is -2.03. The van der Waals surface area contributed by atoms with Crippen molar-refractivity contribution in [2.24, 2.45) is 5.73 Å². The molecule has 1 rings (SSSR count). The first-order valence-corrected chi connectivity index (χ1v) is 6.50. The molecule has 0 atom stereocenters. The molecule has 1 aromatic rings. The molecule has 1 aromatic carbocycles. The quantitative estimate of drug-likeness (QED) is 0.576. The average molecular weight is 236 g/mol. The summed E-state index contributed by atoms with van der Waals surface area (Å²) < 4.78 is 0. The Kier molecular flexibility index (Phi) is 7.43. The van der Waals surface area contributed by atoms with Crippen LogP contribution < -0.4 is 11.1 Å². The van der Waals surface area contributed by atoms with Gasteiger partial charge in [0.05, 0.1) is 0 Å². The minimum absolute atomic E-state index is 0.216. The summed E-state index contributed by atoms with van der Waals surface area (Å²) in [4.78, 5) is 0. The second-order valence-electron chi connectivity index (χ2n) is 4.30. The largest absolute Gasteiger partial charge is 0.396 e. The maximum atomic E-state index is 8.81. The zero-order chi connectivity index (χ0) is 12.3. The number of aliphatic hydroxyl groups is 1. The summed E-state index contributed by atoms with van der Waals surface area (Å²) in [5.41, 5.74) is 7.78. The lowest BCUT2D eigenvalue weighted by atomic mass is 10.1. The smallest absolute Gasteiger partial charge is 0.0471 e. The van der Waals surface area contributed by atoms with Gasteiger partial charge in [0.2, 0.25) is 0 Å². The summed E-state index contributed by atoms with van der Waals surface area (Å²) in [5.74, 6) is 0. The Hall–Kier alpha value is -1.06. The molecule has 0 bridgehead atoms. The van der Waals surface area contributed by atoms with Gasteiger partial charge in [0.1, 0.15) is 0 Å². The van der Waals surface area contributed by atoms with Gasteiger partial charge in [0, 0.05) is 18.8 Å². The molecule has 0 saturated carbocycles. The van der Waals surface area contributed by atoms with Gasteiger partial charge in [0.25, 0.3) is 0 Å². The first kappa shape index (κ1) is 14.0. The molecule has 3 heteroatoms. The van der Waals surface area contributed by atoms with E-state index in [1.165, 1.54) is 24.8 Å².